The Bertz CT molecular complexity index is 405. The molecule has 0 radical (unpaired) electrons. The average Bonchev–Trinajstić information content (AvgIpc) is 2.65. The molecule has 0 aliphatic heterocycles. The topological polar surface area (TPSA) is 117 Å². The van der Waals surface area contributed by atoms with Gasteiger partial charge in [0.2, 0.25) is 0 Å². The van der Waals surface area contributed by atoms with Gasteiger partial charge in [-0.2, -0.15) is 0 Å². The van der Waals surface area contributed by atoms with Crippen molar-refractivity contribution < 1.29 is 9.59 Å². The summed E-state index contributed by atoms with van der Waals surface area (Å²) in [5.41, 5.74) is 17.2. The first kappa shape index (κ1) is 36.2. The molecule has 16 heteroatoms. The molecule has 6 N–H and O–H groups in total. The van der Waals surface area contributed by atoms with Crippen LogP contribution in [-0.2, 0) is 9.59 Å². The van der Waals surface area contributed by atoms with Crippen molar-refractivity contribution in [2.24, 2.45) is 11.5 Å². The molecule has 0 aromatic heterocycles. The second kappa shape index (κ2) is 23.7. The maximum Gasteiger partial charge on any atom is 0.252 e. The molecule has 0 fully saturated rings. The molecule has 2 amide bonds. The van der Waals surface area contributed by atoms with E-state index in [1.807, 2.05) is 0 Å². The fourth-order valence-corrected chi connectivity index (χ4v) is 4.79. The predicted octanol–water partition coefficient (Wildman–Crippen LogP) is 1.80. The van der Waals surface area contributed by atoms with E-state index in [-0.39, 0.29) is 45.8 Å². The number of halogens is 6. The summed E-state index contributed by atoms with van der Waals surface area (Å²) >= 11 is 22.7. The number of hydrogen-bond acceptors (Lipinski definition) is 8. The lowest BCUT2D eigenvalue weighted by Crippen LogP contribution is -2.52. The Hall–Kier alpha value is 1.60. The second-order valence-corrected chi connectivity index (χ2v) is 9.53. The number of nitrogens with two attached hydrogens (primary N) is 2. The summed E-state index contributed by atoms with van der Waals surface area (Å²) < 4.78 is 0. The number of amides is 2. The number of carbonyl (C=O) groups excluding carboxylic acids is 2. The highest BCUT2D eigenvalue weighted by Gasteiger charge is 2.19. The summed E-state index contributed by atoms with van der Waals surface area (Å²) in [6.07, 6.45) is 0. The van der Waals surface area contributed by atoms with Gasteiger partial charge in [0.05, 0.1) is 12.1 Å². The van der Waals surface area contributed by atoms with Gasteiger partial charge in [-0.05, 0) is 0 Å². The molecule has 182 valence electrons. The minimum Gasteiger partial charge on any atom is -0.319 e. The lowest BCUT2D eigenvalue weighted by molar-refractivity contribution is -0.127. The molecular formula is C14H30Br2Cl4N6O2S2. The Morgan fingerprint density at radius 2 is 0.967 bits per heavy atom. The van der Waals surface area contributed by atoms with Crippen LogP contribution >= 0.6 is 102 Å². The molecule has 0 aromatic rings. The van der Waals surface area contributed by atoms with Crippen molar-refractivity contribution >= 4 is 114 Å². The van der Waals surface area contributed by atoms with Gasteiger partial charge in [-0.15, -0.1) is 80.4 Å². The number of alkyl halides is 4. The number of hydrazine groups is 2. The standard InChI is InChI=1S/C14H28Cl4N6O2S2.2BrH/c15-1-5-23(6-2-16)21-13(25)11(19)9-27-28-10-12(20)14(26)22-24(7-3-17)8-4-18;;/h11-12H,1-10,19-20H2,(H,21,25)(H,22,26);2*1H. The van der Waals surface area contributed by atoms with E-state index in [1.165, 1.54) is 21.6 Å². The average molecular weight is 680 g/mol. The SMILES string of the molecule is Br.Br.NC(CSSCC(N)C(=O)NN(CCCl)CCCl)C(=O)NN(CCCl)CCCl. The lowest BCUT2D eigenvalue weighted by Gasteiger charge is -2.23. The van der Waals surface area contributed by atoms with Gasteiger partial charge in [-0.1, -0.05) is 21.6 Å². The van der Waals surface area contributed by atoms with E-state index in [2.05, 4.69) is 10.9 Å². The van der Waals surface area contributed by atoms with Crippen LogP contribution in [0.3, 0.4) is 0 Å². The molecule has 0 bridgehead atoms. The zero-order valence-corrected chi connectivity index (χ0v) is 24.3. The van der Waals surface area contributed by atoms with Gasteiger partial charge in [0.25, 0.3) is 11.8 Å². The third-order valence-corrected chi connectivity index (χ3v) is 6.36. The molecule has 0 rings (SSSR count). The largest absolute Gasteiger partial charge is 0.319 e. The van der Waals surface area contributed by atoms with E-state index in [9.17, 15) is 9.59 Å². The van der Waals surface area contributed by atoms with Crippen molar-refractivity contribution in [3.05, 3.63) is 0 Å². The van der Waals surface area contributed by atoms with Gasteiger partial charge >= 0.3 is 0 Å². The first-order chi connectivity index (χ1) is 13.4. The zero-order valence-electron chi connectivity index (χ0n) is 16.2. The van der Waals surface area contributed by atoms with Crippen molar-refractivity contribution in [2.45, 2.75) is 12.1 Å². The van der Waals surface area contributed by atoms with Gasteiger partial charge in [0.15, 0.2) is 0 Å². The zero-order chi connectivity index (χ0) is 21.4. The summed E-state index contributed by atoms with van der Waals surface area (Å²) in [7, 11) is 2.75. The monoisotopic (exact) mass is 676 g/mol. The van der Waals surface area contributed by atoms with E-state index in [1.54, 1.807) is 10.0 Å². The van der Waals surface area contributed by atoms with Crippen molar-refractivity contribution in [1.82, 2.24) is 20.9 Å². The van der Waals surface area contributed by atoms with Gasteiger partial charge in [-0.3, -0.25) is 20.4 Å². The molecule has 0 aromatic carbocycles. The highest BCUT2D eigenvalue weighted by atomic mass is 79.9. The highest BCUT2D eigenvalue weighted by Crippen LogP contribution is 2.22. The van der Waals surface area contributed by atoms with E-state index in [0.29, 0.717) is 61.2 Å². The third kappa shape index (κ3) is 18.1. The van der Waals surface area contributed by atoms with Crippen LogP contribution in [0.25, 0.3) is 0 Å². The summed E-state index contributed by atoms with van der Waals surface area (Å²) in [4.78, 5) is 24.2. The van der Waals surface area contributed by atoms with Crippen LogP contribution in [0.2, 0.25) is 0 Å². The summed E-state index contributed by atoms with van der Waals surface area (Å²) in [5, 5.41) is 3.27. The van der Waals surface area contributed by atoms with E-state index >= 15 is 0 Å². The van der Waals surface area contributed by atoms with E-state index in [4.69, 9.17) is 57.9 Å². The fraction of sp³-hybridized carbons (Fsp3) is 0.857. The number of carbonyl (C=O) groups is 2. The van der Waals surface area contributed by atoms with Gasteiger partial charge < -0.3 is 11.5 Å². The van der Waals surface area contributed by atoms with E-state index in [0.717, 1.165) is 0 Å². The normalized spacial score (nSPS) is 12.7. The molecule has 2 unspecified atom stereocenters. The third-order valence-electron chi connectivity index (χ3n) is 3.21. The molecular weight excluding hydrogens is 650 g/mol. The lowest BCUT2D eigenvalue weighted by atomic mass is 10.3. The molecule has 0 aliphatic carbocycles. The minimum atomic E-state index is -0.710. The van der Waals surface area contributed by atoms with Crippen LogP contribution in [0.15, 0.2) is 0 Å². The smallest absolute Gasteiger partial charge is 0.252 e. The van der Waals surface area contributed by atoms with Crippen LogP contribution in [0.5, 0.6) is 0 Å². The maximum atomic E-state index is 12.1. The van der Waals surface area contributed by atoms with Crippen LogP contribution < -0.4 is 22.3 Å². The summed E-state index contributed by atoms with van der Waals surface area (Å²) in [6.45, 7) is 1.90. The molecule has 0 saturated carbocycles. The first-order valence-corrected chi connectivity index (χ1v) is 13.1. The highest BCUT2D eigenvalue weighted by molar-refractivity contribution is 8.93. The van der Waals surface area contributed by atoms with Crippen LogP contribution in [0.4, 0.5) is 0 Å². The quantitative estimate of drug-likeness (QED) is 0.0797. The van der Waals surface area contributed by atoms with Crippen molar-refractivity contribution in [3.63, 3.8) is 0 Å². The predicted molar refractivity (Wildman–Crippen MR) is 144 cm³/mol. The Kier molecular flexibility index (Phi) is 28.6. The Balaban J connectivity index is -0.00000364. The Morgan fingerprint density at radius 1 is 0.700 bits per heavy atom. The summed E-state index contributed by atoms with van der Waals surface area (Å²) in [5.74, 6) is 1.56. The first-order valence-electron chi connectivity index (χ1n) is 8.49. The van der Waals surface area contributed by atoms with Crippen LogP contribution in [0, 0.1) is 0 Å². The molecule has 30 heavy (non-hydrogen) atoms. The van der Waals surface area contributed by atoms with Crippen molar-refractivity contribution in [1.29, 1.82) is 0 Å². The van der Waals surface area contributed by atoms with Gasteiger partial charge in [-0.25, -0.2) is 10.0 Å². The fourth-order valence-electron chi connectivity index (χ4n) is 1.73. The number of hydrogen-bond donors (Lipinski definition) is 4. The van der Waals surface area contributed by atoms with Gasteiger partial charge in [0, 0.05) is 61.2 Å². The van der Waals surface area contributed by atoms with Crippen molar-refractivity contribution in [2.75, 3.05) is 61.2 Å². The Morgan fingerprint density at radius 3 is 1.20 bits per heavy atom. The summed E-state index contributed by atoms with van der Waals surface area (Å²) in [6, 6.07) is -1.42. The molecule has 2 atom stereocenters. The maximum absolute atomic E-state index is 12.1. The van der Waals surface area contributed by atoms with Crippen molar-refractivity contribution in [3.8, 4) is 0 Å². The molecule has 0 heterocycles. The number of nitrogens with zero attached hydrogens (tertiary/aromatic N) is 2. The second-order valence-electron chi connectivity index (χ2n) is 5.46. The minimum absolute atomic E-state index is 0. The Labute approximate surface area is 227 Å². The van der Waals surface area contributed by atoms with E-state index < -0.39 is 12.1 Å². The number of nitrogens with one attached hydrogen (secondary N) is 2. The molecule has 0 aliphatic rings. The molecule has 8 nitrogen and oxygen atoms in total. The van der Waals surface area contributed by atoms with Crippen LogP contribution in [0.1, 0.15) is 0 Å². The van der Waals surface area contributed by atoms with Gasteiger partial charge in [0.1, 0.15) is 0 Å². The molecule has 0 spiro atoms. The molecule has 0 saturated heterocycles. The van der Waals surface area contributed by atoms with Crippen LogP contribution in [-0.4, -0.2) is 95.1 Å². The number of rotatable bonds is 17.